The van der Waals surface area contributed by atoms with E-state index < -0.39 is 17.6 Å². The summed E-state index contributed by atoms with van der Waals surface area (Å²) in [6.07, 6.45) is -4.57. The molecule has 5 nitrogen and oxygen atoms in total. The highest BCUT2D eigenvalue weighted by Crippen LogP contribution is 2.36. The molecule has 0 aliphatic carbocycles. The van der Waals surface area contributed by atoms with Gasteiger partial charge in [0.2, 0.25) is 11.8 Å². The molecule has 2 rings (SSSR count). The maximum atomic E-state index is 13.2. The summed E-state index contributed by atoms with van der Waals surface area (Å²) >= 11 is 0. The normalized spacial score (nSPS) is 15.8. The minimum absolute atomic E-state index is 0.00209. The fourth-order valence-corrected chi connectivity index (χ4v) is 3.08. The van der Waals surface area contributed by atoms with Crippen LogP contribution in [-0.4, -0.2) is 60.9 Å². The summed E-state index contributed by atoms with van der Waals surface area (Å²) in [5.74, 6) is -0.665. The Bertz CT molecular complexity index is 641. The molecule has 1 saturated heterocycles. The molecule has 0 spiro atoms. The van der Waals surface area contributed by atoms with Gasteiger partial charge in [-0.3, -0.25) is 9.59 Å². The lowest BCUT2D eigenvalue weighted by Crippen LogP contribution is -2.49. The Morgan fingerprint density at radius 3 is 2.27 bits per heavy atom. The van der Waals surface area contributed by atoms with Gasteiger partial charge < -0.3 is 14.7 Å². The van der Waals surface area contributed by atoms with E-state index in [1.165, 1.54) is 25.1 Å². The number of carbonyl (C=O) groups is 2. The van der Waals surface area contributed by atoms with Crippen LogP contribution in [0.1, 0.15) is 25.8 Å². The smallest absolute Gasteiger partial charge is 0.340 e. The van der Waals surface area contributed by atoms with Gasteiger partial charge in [-0.2, -0.15) is 13.2 Å². The number of nitrogens with zero attached hydrogens (tertiary/aromatic N) is 3. The van der Waals surface area contributed by atoms with Crippen LogP contribution in [0.2, 0.25) is 0 Å². The van der Waals surface area contributed by atoms with E-state index in [-0.39, 0.29) is 24.6 Å². The van der Waals surface area contributed by atoms with E-state index >= 15 is 0 Å². The summed E-state index contributed by atoms with van der Waals surface area (Å²) in [5.41, 5.74) is -1.09. The number of amides is 2. The molecule has 0 radical (unpaired) electrons. The zero-order valence-corrected chi connectivity index (χ0v) is 15.1. The molecule has 1 aromatic rings. The number of alkyl halides is 3. The van der Waals surface area contributed by atoms with Gasteiger partial charge in [0.15, 0.2) is 0 Å². The molecule has 1 fully saturated rings. The van der Waals surface area contributed by atoms with Crippen molar-refractivity contribution in [3.8, 4) is 0 Å². The second kappa shape index (κ2) is 8.53. The van der Waals surface area contributed by atoms with Gasteiger partial charge in [-0.05, 0) is 18.7 Å². The molecule has 0 saturated carbocycles. The molecule has 0 N–H and O–H groups in total. The first-order valence-electron chi connectivity index (χ1n) is 8.68. The lowest BCUT2D eigenvalue weighted by molar-refractivity contribution is -0.137. The van der Waals surface area contributed by atoms with E-state index in [0.29, 0.717) is 13.1 Å². The van der Waals surface area contributed by atoms with Crippen LogP contribution in [0, 0.1) is 0 Å². The molecule has 1 aliphatic heterocycles. The second-order valence-corrected chi connectivity index (χ2v) is 6.25. The third kappa shape index (κ3) is 4.97. The fourth-order valence-electron chi connectivity index (χ4n) is 3.08. The van der Waals surface area contributed by atoms with Gasteiger partial charge in [0.05, 0.1) is 11.3 Å². The first-order chi connectivity index (χ1) is 12.2. The maximum absolute atomic E-state index is 13.2. The van der Waals surface area contributed by atoms with Crippen LogP contribution in [0.4, 0.5) is 18.9 Å². The van der Waals surface area contributed by atoms with Crippen LogP contribution in [0.25, 0.3) is 0 Å². The summed E-state index contributed by atoms with van der Waals surface area (Å²) in [7, 11) is 0. The van der Waals surface area contributed by atoms with Gasteiger partial charge in [0.25, 0.3) is 0 Å². The van der Waals surface area contributed by atoms with E-state index in [1.807, 2.05) is 0 Å². The van der Waals surface area contributed by atoms with Crippen LogP contribution in [0.3, 0.4) is 0 Å². The van der Waals surface area contributed by atoms with Gasteiger partial charge >= 0.3 is 6.18 Å². The average Bonchev–Trinajstić information content (AvgIpc) is 2.61. The number of likely N-dealkylation sites (N-methyl/N-ethyl adjacent to an activating group) is 1. The number of halogens is 3. The van der Waals surface area contributed by atoms with Crippen molar-refractivity contribution in [3.05, 3.63) is 29.8 Å². The number of piperazine rings is 1. The van der Waals surface area contributed by atoms with Crippen LogP contribution in [0.15, 0.2) is 24.3 Å². The van der Waals surface area contributed by atoms with Crippen LogP contribution in [-0.2, 0) is 15.8 Å². The van der Waals surface area contributed by atoms with E-state index in [2.05, 4.69) is 11.8 Å². The van der Waals surface area contributed by atoms with E-state index in [4.69, 9.17) is 0 Å². The molecule has 2 amide bonds. The molecule has 0 bridgehead atoms. The average molecular weight is 371 g/mol. The number of anilines is 1. The summed E-state index contributed by atoms with van der Waals surface area (Å²) in [4.78, 5) is 29.3. The molecule has 0 atom stereocenters. The molecular weight excluding hydrogens is 347 g/mol. The molecule has 1 heterocycles. The Hall–Kier alpha value is -2.09. The standard InChI is InChI=1S/C18H24F3N3O2/c1-3-22-10-12-23(13-11-22)17(26)8-9-24(14(2)25)16-7-5-4-6-15(16)18(19,20)21/h4-7H,3,8-13H2,1-2H3. The molecule has 1 aromatic carbocycles. The fraction of sp³-hybridized carbons (Fsp3) is 0.556. The van der Waals surface area contributed by atoms with Gasteiger partial charge in [0, 0.05) is 46.1 Å². The Labute approximate surface area is 151 Å². The summed E-state index contributed by atoms with van der Waals surface area (Å²) in [5, 5.41) is 0. The minimum atomic E-state index is -4.56. The number of para-hydroxylation sites is 1. The van der Waals surface area contributed by atoms with Crippen molar-refractivity contribution in [2.24, 2.45) is 0 Å². The van der Waals surface area contributed by atoms with E-state index in [9.17, 15) is 22.8 Å². The number of hydrogen-bond donors (Lipinski definition) is 0. The Morgan fingerprint density at radius 1 is 1.12 bits per heavy atom. The van der Waals surface area contributed by atoms with E-state index in [1.54, 1.807) is 4.90 Å². The van der Waals surface area contributed by atoms with Crippen LogP contribution >= 0.6 is 0 Å². The SMILES string of the molecule is CCN1CCN(C(=O)CCN(C(C)=O)c2ccccc2C(F)(F)F)CC1. The third-order valence-electron chi connectivity index (χ3n) is 4.60. The van der Waals surface area contributed by atoms with Crippen molar-refractivity contribution in [1.82, 2.24) is 9.80 Å². The van der Waals surface area contributed by atoms with Crippen molar-refractivity contribution in [2.45, 2.75) is 26.4 Å². The van der Waals surface area contributed by atoms with Gasteiger partial charge in [-0.25, -0.2) is 0 Å². The zero-order chi connectivity index (χ0) is 19.3. The lowest BCUT2D eigenvalue weighted by Gasteiger charge is -2.34. The van der Waals surface area contributed by atoms with Gasteiger partial charge in [-0.15, -0.1) is 0 Å². The van der Waals surface area contributed by atoms with Crippen molar-refractivity contribution >= 4 is 17.5 Å². The van der Waals surface area contributed by atoms with Crippen molar-refractivity contribution in [1.29, 1.82) is 0 Å². The molecule has 144 valence electrons. The minimum Gasteiger partial charge on any atom is -0.340 e. The summed E-state index contributed by atoms with van der Waals surface area (Å²) < 4.78 is 39.6. The Morgan fingerprint density at radius 2 is 1.73 bits per heavy atom. The zero-order valence-electron chi connectivity index (χ0n) is 15.1. The summed E-state index contributed by atoms with van der Waals surface area (Å²) in [6.45, 7) is 6.89. The largest absolute Gasteiger partial charge is 0.418 e. The van der Waals surface area contributed by atoms with Crippen molar-refractivity contribution < 1.29 is 22.8 Å². The number of benzene rings is 1. The highest BCUT2D eigenvalue weighted by molar-refractivity contribution is 5.93. The number of hydrogen-bond acceptors (Lipinski definition) is 3. The first kappa shape index (κ1) is 20.2. The van der Waals surface area contributed by atoms with Crippen LogP contribution < -0.4 is 4.90 Å². The predicted octanol–water partition coefficient (Wildman–Crippen LogP) is 2.61. The summed E-state index contributed by atoms with van der Waals surface area (Å²) in [6, 6.07) is 4.93. The topological polar surface area (TPSA) is 43.9 Å². The lowest BCUT2D eigenvalue weighted by atomic mass is 10.1. The highest BCUT2D eigenvalue weighted by atomic mass is 19.4. The van der Waals surface area contributed by atoms with Crippen molar-refractivity contribution in [3.63, 3.8) is 0 Å². The molecule has 26 heavy (non-hydrogen) atoms. The first-order valence-corrected chi connectivity index (χ1v) is 8.68. The third-order valence-corrected chi connectivity index (χ3v) is 4.60. The highest BCUT2D eigenvalue weighted by Gasteiger charge is 2.35. The number of carbonyl (C=O) groups excluding carboxylic acids is 2. The molecule has 1 aliphatic rings. The van der Waals surface area contributed by atoms with Gasteiger partial charge in [-0.1, -0.05) is 19.1 Å². The Kier molecular flexibility index (Phi) is 6.63. The number of rotatable bonds is 5. The van der Waals surface area contributed by atoms with Gasteiger partial charge in [0.1, 0.15) is 0 Å². The molecule has 0 aromatic heterocycles. The monoisotopic (exact) mass is 371 g/mol. The second-order valence-electron chi connectivity index (χ2n) is 6.25. The van der Waals surface area contributed by atoms with Crippen LogP contribution in [0.5, 0.6) is 0 Å². The Balaban J connectivity index is 2.06. The van der Waals surface area contributed by atoms with Crippen molar-refractivity contribution in [2.75, 3.05) is 44.2 Å². The molecular formula is C18H24F3N3O2. The predicted molar refractivity (Wildman–Crippen MR) is 92.8 cm³/mol. The van der Waals surface area contributed by atoms with E-state index in [0.717, 1.165) is 30.6 Å². The quantitative estimate of drug-likeness (QED) is 0.799. The molecule has 0 unspecified atom stereocenters. The maximum Gasteiger partial charge on any atom is 0.418 e. The molecule has 8 heteroatoms.